The summed E-state index contributed by atoms with van der Waals surface area (Å²) in [6, 6.07) is 1.47. The molecular formula is C15H32N2. The molecular weight excluding hydrogens is 208 g/mol. The molecule has 0 heterocycles. The molecule has 0 aromatic rings. The maximum Gasteiger partial charge on any atom is 0.0105 e. The zero-order valence-electron chi connectivity index (χ0n) is 12.5. The van der Waals surface area contributed by atoms with Gasteiger partial charge in [-0.05, 0) is 58.0 Å². The highest BCUT2D eigenvalue weighted by Crippen LogP contribution is 2.30. The summed E-state index contributed by atoms with van der Waals surface area (Å²) in [4.78, 5) is 2.66. The molecule has 1 saturated carbocycles. The van der Waals surface area contributed by atoms with Gasteiger partial charge in [-0.25, -0.2) is 0 Å². The van der Waals surface area contributed by atoms with Crippen molar-refractivity contribution in [2.24, 2.45) is 11.8 Å². The summed E-state index contributed by atoms with van der Waals surface area (Å²) in [6.07, 6.45) is 5.43. The molecule has 1 aliphatic rings. The van der Waals surface area contributed by atoms with Gasteiger partial charge in [-0.15, -0.1) is 0 Å². The van der Waals surface area contributed by atoms with Crippen molar-refractivity contribution in [3.63, 3.8) is 0 Å². The van der Waals surface area contributed by atoms with Gasteiger partial charge in [0.2, 0.25) is 0 Å². The highest BCUT2D eigenvalue weighted by atomic mass is 15.1. The molecule has 1 fully saturated rings. The number of hydrogen-bond donors (Lipinski definition) is 1. The lowest BCUT2D eigenvalue weighted by Crippen LogP contribution is -2.46. The van der Waals surface area contributed by atoms with Crippen molar-refractivity contribution in [1.29, 1.82) is 0 Å². The fraction of sp³-hybridized carbons (Fsp3) is 1.00. The molecule has 0 aromatic carbocycles. The van der Waals surface area contributed by atoms with Crippen LogP contribution in [0, 0.1) is 11.8 Å². The summed E-state index contributed by atoms with van der Waals surface area (Å²) in [5, 5.41) is 3.53. The number of hydrogen-bond acceptors (Lipinski definition) is 2. The summed E-state index contributed by atoms with van der Waals surface area (Å²) in [7, 11) is 2.13. The van der Waals surface area contributed by atoms with Gasteiger partial charge in [-0.2, -0.15) is 0 Å². The van der Waals surface area contributed by atoms with Crippen LogP contribution in [0.1, 0.15) is 53.4 Å². The van der Waals surface area contributed by atoms with E-state index in [-0.39, 0.29) is 0 Å². The van der Waals surface area contributed by atoms with Crippen LogP contribution in [0.15, 0.2) is 0 Å². The van der Waals surface area contributed by atoms with Crippen LogP contribution in [0.5, 0.6) is 0 Å². The normalized spacial score (nSPS) is 31.8. The fourth-order valence-corrected chi connectivity index (χ4v) is 3.26. The first-order valence-corrected chi connectivity index (χ1v) is 7.53. The lowest BCUT2D eigenvalue weighted by Gasteiger charge is -2.39. The Morgan fingerprint density at radius 2 is 2.00 bits per heavy atom. The van der Waals surface area contributed by atoms with E-state index in [1.807, 2.05) is 0 Å². The van der Waals surface area contributed by atoms with E-state index in [1.54, 1.807) is 0 Å². The lowest BCUT2D eigenvalue weighted by atomic mass is 9.78. The van der Waals surface area contributed by atoms with E-state index in [1.165, 1.54) is 38.8 Å². The molecule has 102 valence electrons. The molecule has 4 unspecified atom stereocenters. The molecule has 0 aliphatic heterocycles. The van der Waals surface area contributed by atoms with Crippen LogP contribution in [0.25, 0.3) is 0 Å². The Morgan fingerprint density at radius 1 is 1.29 bits per heavy atom. The monoisotopic (exact) mass is 240 g/mol. The molecule has 0 radical (unpaired) electrons. The Hall–Kier alpha value is -0.0800. The fourth-order valence-electron chi connectivity index (χ4n) is 3.26. The second-order valence-corrected chi connectivity index (χ2v) is 5.92. The molecule has 1 rings (SSSR count). The average Bonchev–Trinajstić information content (AvgIpc) is 2.35. The van der Waals surface area contributed by atoms with E-state index in [9.17, 15) is 0 Å². The van der Waals surface area contributed by atoms with E-state index in [0.29, 0.717) is 0 Å². The van der Waals surface area contributed by atoms with Crippen molar-refractivity contribution in [1.82, 2.24) is 10.2 Å². The zero-order chi connectivity index (χ0) is 12.8. The average molecular weight is 240 g/mol. The summed E-state index contributed by atoms with van der Waals surface area (Å²) in [6.45, 7) is 11.8. The van der Waals surface area contributed by atoms with Crippen molar-refractivity contribution in [3.05, 3.63) is 0 Å². The van der Waals surface area contributed by atoms with Crippen LogP contribution >= 0.6 is 0 Å². The van der Waals surface area contributed by atoms with Crippen molar-refractivity contribution in [2.75, 3.05) is 20.1 Å². The molecule has 0 aromatic heterocycles. The van der Waals surface area contributed by atoms with Gasteiger partial charge in [0.1, 0.15) is 0 Å². The van der Waals surface area contributed by atoms with Crippen molar-refractivity contribution in [2.45, 2.75) is 65.5 Å². The van der Waals surface area contributed by atoms with Gasteiger partial charge >= 0.3 is 0 Å². The Bertz CT molecular complexity index is 205. The largest absolute Gasteiger partial charge is 0.317 e. The molecule has 0 saturated heterocycles. The van der Waals surface area contributed by atoms with Crippen LogP contribution in [-0.2, 0) is 0 Å². The Morgan fingerprint density at radius 3 is 2.53 bits per heavy atom. The van der Waals surface area contributed by atoms with E-state index >= 15 is 0 Å². The summed E-state index contributed by atoms with van der Waals surface area (Å²) < 4.78 is 0. The van der Waals surface area contributed by atoms with E-state index in [2.05, 4.69) is 45.0 Å². The Labute approximate surface area is 108 Å². The van der Waals surface area contributed by atoms with Gasteiger partial charge in [-0.3, -0.25) is 0 Å². The molecule has 1 N–H and O–H groups in total. The third kappa shape index (κ3) is 4.26. The maximum atomic E-state index is 3.53. The molecule has 0 amide bonds. The minimum Gasteiger partial charge on any atom is -0.317 e. The van der Waals surface area contributed by atoms with Crippen LogP contribution in [0.4, 0.5) is 0 Å². The molecule has 17 heavy (non-hydrogen) atoms. The first-order valence-electron chi connectivity index (χ1n) is 7.53. The predicted molar refractivity (Wildman–Crippen MR) is 76.4 cm³/mol. The summed E-state index contributed by atoms with van der Waals surface area (Å²) in [5.41, 5.74) is 0. The third-order valence-electron chi connectivity index (χ3n) is 4.70. The molecule has 0 spiro atoms. The van der Waals surface area contributed by atoms with E-state index in [4.69, 9.17) is 0 Å². The number of rotatable bonds is 6. The van der Waals surface area contributed by atoms with Gasteiger partial charge in [0.15, 0.2) is 0 Å². The SMILES string of the molecule is CCC(C)N(CC)CC1CC(C)CCC1NC. The van der Waals surface area contributed by atoms with E-state index < -0.39 is 0 Å². The smallest absolute Gasteiger partial charge is 0.0105 e. The summed E-state index contributed by atoms with van der Waals surface area (Å²) >= 11 is 0. The first kappa shape index (κ1) is 15.0. The lowest BCUT2D eigenvalue weighted by molar-refractivity contribution is 0.124. The van der Waals surface area contributed by atoms with Gasteiger partial charge in [-0.1, -0.05) is 20.8 Å². The van der Waals surface area contributed by atoms with Gasteiger partial charge in [0.05, 0.1) is 0 Å². The van der Waals surface area contributed by atoms with Crippen molar-refractivity contribution in [3.8, 4) is 0 Å². The van der Waals surface area contributed by atoms with Gasteiger partial charge in [0, 0.05) is 18.6 Å². The standard InChI is InChI=1S/C15H32N2/c1-6-13(4)17(7-2)11-14-10-12(3)8-9-15(14)16-5/h12-16H,6-11H2,1-5H3. The van der Waals surface area contributed by atoms with Gasteiger partial charge < -0.3 is 10.2 Å². The number of nitrogens with zero attached hydrogens (tertiary/aromatic N) is 1. The first-order chi connectivity index (χ1) is 8.12. The predicted octanol–water partition coefficient (Wildman–Crippen LogP) is 3.13. The van der Waals surface area contributed by atoms with E-state index in [0.717, 1.165) is 23.9 Å². The van der Waals surface area contributed by atoms with Crippen LogP contribution in [-0.4, -0.2) is 37.1 Å². The zero-order valence-corrected chi connectivity index (χ0v) is 12.5. The highest BCUT2D eigenvalue weighted by molar-refractivity contribution is 4.85. The second-order valence-electron chi connectivity index (χ2n) is 5.92. The van der Waals surface area contributed by atoms with Crippen LogP contribution in [0.2, 0.25) is 0 Å². The molecule has 1 aliphatic carbocycles. The van der Waals surface area contributed by atoms with Gasteiger partial charge in [0.25, 0.3) is 0 Å². The Balaban J connectivity index is 2.55. The molecule has 0 bridgehead atoms. The maximum absolute atomic E-state index is 3.53. The highest BCUT2D eigenvalue weighted by Gasteiger charge is 2.29. The minimum atomic E-state index is 0.731. The summed E-state index contributed by atoms with van der Waals surface area (Å²) in [5.74, 6) is 1.76. The Kier molecular flexibility index (Phi) is 6.50. The van der Waals surface area contributed by atoms with Crippen LogP contribution < -0.4 is 5.32 Å². The van der Waals surface area contributed by atoms with Crippen molar-refractivity contribution < 1.29 is 0 Å². The minimum absolute atomic E-state index is 0.731. The number of nitrogens with one attached hydrogen (secondary N) is 1. The molecule has 2 heteroatoms. The third-order valence-corrected chi connectivity index (χ3v) is 4.70. The van der Waals surface area contributed by atoms with Crippen LogP contribution in [0.3, 0.4) is 0 Å². The molecule has 2 nitrogen and oxygen atoms in total. The quantitative estimate of drug-likeness (QED) is 0.767. The van der Waals surface area contributed by atoms with Crippen molar-refractivity contribution >= 4 is 0 Å². The molecule has 4 atom stereocenters. The second kappa shape index (κ2) is 7.38. The topological polar surface area (TPSA) is 15.3 Å².